The molecule has 0 aliphatic heterocycles. The molecule has 130 valence electrons. The minimum absolute atomic E-state index is 0.0248. The van der Waals surface area contributed by atoms with Gasteiger partial charge in [-0.15, -0.1) is 0 Å². The fourth-order valence-electron chi connectivity index (χ4n) is 2.10. The summed E-state index contributed by atoms with van der Waals surface area (Å²) in [6.07, 6.45) is 2.38. The molecule has 3 N–H and O–H groups in total. The van der Waals surface area contributed by atoms with Crippen LogP contribution in [-0.2, 0) is 16.0 Å². The maximum Gasteiger partial charge on any atom is 0.240 e. The van der Waals surface area contributed by atoms with Crippen LogP contribution >= 0.6 is 0 Å². The number of hydrogen-bond acceptors (Lipinski definition) is 4. The summed E-state index contributed by atoms with van der Waals surface area (Å²) in [6, 6.07) is 14.2. The standard InChI is InChI=1S/C19H21N3O3/c1-2-14-7-9-16(10-8-14)21-18(24)11-12-19(25)22-20-13-15-5-3-4-6-17(15)23/h3-10,13,23H,2,11-12H2,1H3,(H,21,24)(H,22,25). The van der Waals surface area contributed by atoms with Gasteiger partial charge in [-0.05, 0) is 36.2 Å². The van der Waals surface area contributed by atoms with E-state index in [1.807, 2.05) is 24.3 Å². The zero-order valence-corrected chi connectivity index (χ0v) is 14.0. The van der Waals surface area contributed by atoms with Crippen molar-refractivity contribution in [1.29, 1.82) is 0 Å². The number of carbonyl (C=O) groups excluding carboxylic acids is 2. The van der Waals surface area contributed by atoms with Gasteiger partial charge in [0.2, 0.25) is 11.8 Å². The number of hydrogen-bond donors (Lipinski definition) is 3. The van der Waals surface area contributed by atoms with E-state index in [1.165, 1.54) is 17.8 Å². The van der Waals surface area contributed by atoms with Gasteiger partial charge in [0, 0.05) is 24.1 Å². The van der Waals surface area contributed by atoms with Crippen molar-refractivity contribution in [2.24, 2.45) is 5.10 Å². The number of nitrogens with zero attached hydrogens (tertiary/aromatic N) is 1. The molecule has 0 aliphatic rings. The number of aromatic hydroxyl groups is 1. The average Bonchev–Trinajstić information content (AvgIpc) is 2.62. The Morgan fingerprint density at radius 3 is 2.40 bits per heavy atom. The summed E-state index contributed by atoms with van der Waals surface area (Å²) in [5, 5.41) is 16.1. The van der Waals surface area contributed by atoms with Gasteiger partial charge >= 0.3 is 0 Å². The van der Waals surface area contributed by atoms with Crippen LogP contribution in [0.3, 0.4) is 0 Å². The van der Waals surface area contributed by atoms with Crippen LogP contribution in [0, 0.1) is 0 Å². The second-order valence-corrected chi connectivity index (χ2v) is 5.45. The molecule has 25 heavy (non-hydrogen) atoms. The van der Waals surface area contributed by atoms with Gasteiger partial charge < -0.3 is 10.4 Å². The number of hydrazone groups is 1. The van der Waals surface area contributed by atoms with Crippen LogP contribution in [0.4, 0.5) is 5.69 Å². The van der Waals surface area contributed by atoms with Crippen LogP contribution < -0.4 is 10.7 Å². The lowest BCUT2D eigenvalue weighted by atomic mass is 10.1. The highest BCUT2D eigenvalue weighted by molar-refractivity contribution is 5.93. The van der Waals surface area contributed by atoms with Gasteiger partial charge in [0.15, 0.2) is 0 Å². The lowest BCUT2D eigenvalue weighted by molar-refractivity contribution is -0.124. The Hall–Kier alpha value is -3.15. The van der Waals surface area contributed by atoms with E-state index in [0.29, 0.717) is 11.3 Å². The number of rotatable bonds is 7. The molecule has 2 aromatic carbocycles. The topological polar surface area (TPSA) is 90.8 Å². The Labute approximate surface area is 146 Å². The number of carbonyl (C=O) groups is 2. The lowest BCUT2D eigenvalue weighted by Gasteiger charge is -2.05. The maximum atomic E-state index is 11.8. The Morgan fingerprint density at radius 2 is 1.72 bits per heavy atom. The molecule has 2 aromatic rings. The van der Waals surface area contributed by atoms with E-state index in [2.05, 4.69) is 22.8 Å². The Bertz CT molecular complexity index is 755. The molecule has 0 unspecified atom stereocenters. The minimum atomic E-state index is -0.372. The van der Waals surface area contributed by atoms with Crippen molar-refractivity contribution in [3.63, 3.8) is 0 Å². The largest absolute Gasteiger partial charge is 0.507 e. The number of benzene rings is 2. The van der Waals surface area contributed by atoms with E-state index < -0.39 is 0 Å². The van der Waals surface area contributed by atoms with E-state index in [9.17, 15) is 14.7 Å². The third-order valence-corrected chi connectivity index (χ3v) is 3.55. The number of nitrogens with one attached hydrogen (secondary N) is 2. The Morgan fingerprint density at radius 1 is 1.04 bits per heavy atom. The lowest BCUT2D eigenvalue weighted by Crippen LogP contribution is -2.20. The normalized spacial score (nSPS) is 10.6. The molecular weight excluding hydrogens is 318 g/mol. The van der Waals surface area contributed by atoms with E-state index in [1.54, 1.807) is 18.2 Å². The summed E-state index contributed by atoms with van der Waals surface area (Å²) in [5.41, 5.74) is 4.73. The summed E-state index contributed by atoms with van der Waals surface area (Å²) in [4.78, 5) is 23.5. The second-order valence-electron chi connectivity index (χ2n) is 5.45. The van der Waals surface area contributed by atoms with E-state index >= 15 is 0 Å². The van der Waals surface area contributed by atoms with Crippen molar-refractivity contribution in [3.8, 4) is 5.75 Å². The molecule has 2 rings (SSSR count). The van der Waals surface area contributed by atoms with Crippen LogP contribution in [-0.4, -0.2) is 23.1 Å². The predicted molar refractivity (Wildman–Crippen MR) is 97.5 cm³/mol. The van der Waals surface area contributed by atoms with Crippen LogP contribution in [0.25, 0.3) is 0 Å². The quantitative estimate of drug-likeness (QED) is 0.535. The summed E-state index contributed by atoms with van der Waals surface area (Å²) in [7, 11) is 0. The SMILES string of the molecule is CCc1ccc(NC(=O)CCC(=O)NN=Cc2ccccc2O)cc1. The summed E-state index contributed by atoms with van der Waals surface area (Å²) in [5.74, 6) is -0.527. The summed E-state index contributed by atoms with van der Waals surface area (Å²) in [6.45, 7) is 2.06. The van der Waals surface area contributed by atoms with Crippen molar-refractivity contribution < 1.29 is 14.7 Å². The van der Waals surface area contributed by atoms with Crippen LogP contribution in [0.2, 0.25) is 0 Å². The molecule has 0 fully saturated rings. The molecule has 6 nitrogen and oxygen atoms in total. The smallest absolute Gasteiger partial charge is 0.240 e. The monoisotopic (exact) mass is 339 g/mol. The van der Waals surface area contributed by atoms with Gasteiger partial charge in [-0.3, -0.25) is 9.59 Å². The second kappa shape index (κ2) is 9.22. The van der Waals surface area contributed by atoms with Gasteiger partial charge in [0.25, 0.3) is 0 Å². The first-order valence-corrected chi connectivity index (χ1v) is 8.07. The van der Waals surface area contributed by atoms with E-state index in [4.69, 9.17) is 0 Å². The fraction of sp³-hybridized carbons (Fsp3) is 0.211. The molecule has 0 aliphatic carbocycles. The van der Waals surface area contributed by atoms with E-state index in [-0.39, 0.29) is 30.4 Å². The molecular formula is C19H21N3O3. The third kappa shape index (κ3) is 6.10. The zero-order chi connectivity index (χ0) is 18.1. The molecule has 0 aromatic heterocycles. The number of aryl methyl sites for hydroxylation is 1. The Balaban J connectivity index is 1.73. The van der Waals surface area contributed by atoms with Crippen molar-refractivity contribution in [3.05, 3.63) is 59.7 Å². The molecule has 2 amide bonds. The number of para-hydroxylation sites is 1. The third-order valence-electron chi connectivity index (χ3n) is 3.55. The van der Waals surface area contributed by atoms with Gasteiger partial charge in [0.05, 0.1) is 6.21 Å². The highest BCUT2D eigenvalue weighted by Crippen LogP contribution is 2.12. The molecule has 0 radical (unpaired) electrons. The van der Waals surface area contributed by atoms with Crippen molar-refractivity contribution >= 4 is 23.7 Å². The first kappa shape index (κ1) is 18.2. The molecule has 0 saturated heterocycles. The molecule has 6 heteroatoms. The fourth-order valence-corrected chi connectivity index (χ4v) is 2.10. The molecule has 0 spiro atoms. The summed E-state index contributed by atoms with van der Waals surface area (Å²) < 4.78 is 0. The molecule has 0 atom stereocenters. The molecule has 0 bridgehead atoms. The van der Waals surface area contributed by atoms with Crippen molar-refractivity contribution in [2.45, 2.75) is 26.2 Å². The minimum Gasteiger partial charge on any atom is -0.507 e. The van der Waals surface area contributed by atoms with Gasteiger partial charge in [0.1, 0.15) is 5.75 Å². The number of phenols is 1. The first-order chi connectivity index (χ1) is 12.1. The van der Waals surface area contributed by atoms with E-state index in [0.717, 1.165) is 6.42 Å². The maximum absolute atomic E-state index is 11.8. The molecule has 0 saturated carbocycles. The number of phenolic OH excluding ortho intramolecular Hbond substituents is 1. The van der Waals surface area contributed by atoms with Crippen LogP contribution in [0.5, 0.6) is 5.75 Å². The Kier molecular flexibility index (Phi) is 6.71. The summed E-state index contributed by atoms with van der Waals surface area (Å²) >= 11 is 0. The predicted octanol–water partition coefficient (Wildman–Crippen LogP) is 2.82. The highest BCUT2D eigenvalue weighted by atomic mass is 16.3. The molecule has 0 heterocycles. The highest BCUT2D eigenvalue weighted by Gasteiger charge is 2.07. The van der Waals surface area contributed by atoms with Crippen molar-refractivity contribution in [1.82, 2.24) is 5.43 Å². The average molecular weight is 339 g/mol. The van der Waals surface area contributed by atoms with Crippen molar-refractivity contribution in [2.75, 3.05) is 5.32 Å². The number of amides is 2. The van der Waals surface area contributed by atoms with Crippen LogP contribution in [0.15, 0.2) is 53.6 Å². The van der Waals surface area contributed by atoms with Gasteiger partial charge in [-0.25, -0.2) is 5.43 Å². The first-order valence-electron chi connectivity index (χ1n) is 8.07. The zero-order valence-electron chi connectivity index (χ0n) is 14.0. The van der Waals surface area contributed by atoms with Crippen LogP contribution in [0.1, 0.15) is 30.9 Å². The number of anilines is 1. The van der Waals surface area contributed by atoms with Gasteiger partial charge in [-0.2, -0.15) is 5.10 Å². The van der Waals surface area contributed by atoms with Gasteiger partial charge in [-0.1, -0.05) is 31.2 Å².